The summed E-state index contributed by atoms with van der Waals surface area (Å²) < 4.78 is 16.2. The SMILES string of the molecule is CC(C)CCCCCCCCCCCCCCCOC(=O)CCCOCCOCC(C)C. The minimum Gasteiger partial charge on any atom is -0.466 e. The van der Waals surface area contributed by atoms with E-state index in [2.05, 4.69) is 27.7 Å². The van der Waals surface area contributed by atoms with E-state index in [0.29, 0.717) is 38.8 Å². The van der Waals surface area contributed by atoms with Gasteiger partial charge in [-0.05, 0) is 24.7 Å². The first-order valence-corrected chi connectivity index (χ1v) is 13.8. The molecule has 0 radical (unpaired) electrons. The lowest BCUT2D eigenvalue weighted by Gasteiger charge is -2.08. The molecule has 4 nitrogen and oxygen atoms in total. The van der Waals surface area contributed by atoms with Gasteiger partial charge in [0.2, 0.25) is 0 Å². The molecule has 0 aromatic heterocycles. The van der Waals surface area contributed by atoms with Gasteiger partial charge in [0.1, 0.15) is 0 Å². The third kappa shape index (κ3) is 27.4. The van der Waals surface area contributed by atoms with Crippen LogP contribution in [0.15, 0.2) is 0 Å². The molecule has 0 bridgehead atoms. The topological polar surface area (TPSA) is 44.8 Å². The maximum absolute atomic E-state index is 11.7. The lowest BCUT2D eigenvalue weighted by Crippen LogP contribution is -2.10. The van der Waals surface area contributed by atoms with Crippen molar-refractivity contribution in [1.29, 1.82) is 0 Å². The fourth-order valence-electron chi connectivity index (χ4n) is 3.71. The van der Waals surface area contributed by atoms with E-state index in [1.165, 1.54) is 83.5 Å². The monoisotopic (exact) mass is 456 g/mol. The van der Waals surface area contributed by atoms with Gasteiger partial charge >= 0.3 is 5.97 Å². The molecular formula is C28H56O4. The molecule has 0 aromatic rings. The molecule has 0 aliphatic heterocycles. The van der Waals surface area contributed by atoms with Gasteiger partial charge in [0.05, 0.1) is 19.8 Å². The summed E-state index contributed by atoms with van der Waals surface area (Å²) in [6.07, 6.45) is 20.0. The second-order valence-electron chi connectivity index (χ2n) is 10.2. The van der Waals surface area contributed by atoms with Crippen molar-refractivity contribution in [3.63, 3.8) is 0 Å². The van der Waals surface area contributed by atoms with E-state index in [-0.39, 0.29) is 5.97 Å². The minimum atomic E-state index is -0.0930. The first-order valence-electron chi connectivity index (χ1n) is 13.8. The zero-order valence-electron chi connectivity index (χ0n) is 22.1. The molecule has 4 heteroatoms. The van der Waals surface area contributed by atoms with E-state index in [4.69, 9.17) is 14.2 Å². The van der Waals surface area contributed by atoms with Crippen molar-refractivity contribution in [1.82, 2.24) is 0 Å². The fourth-order valence-corrected chi connectivity index (χ4v) is 3.71. The average Bonchev–Trinajstić information content (AvgIpc) is 2.74. The van der Waals surface area contributed by atoms with E-state index in [1.54, 1.807) is 0 Å². The van der Waals surface area contributed by atoms with Gasteiger partial charge in [0.15, 0.2) is 0 Å². The van der Waals surface area contributed by atoms with E-state index in [1.807, 2.05) is 0 Å². The van der Waals surface area contributed by atoms with Crippen molar-refractivity contribution >= 4 is 5.97 Å². The molecule has 0 unspecified atom stereocenters. The van der Waals surface area contributed by atoms with Gasteiger partial charge in [0.25, 0.3) is 0 Å². The normalized spacial score (nSPS) is 11.6. The van der Waals surface area contributed by atoms with Crippen LogP contribution in [0.25, 0.3) is 0 Å². The van der Waals surface area contributed by atoms with E-state index < -0.39 is 0 Å². The molecule has 0 spiro atoms. The summed E-state index contributed by atoms with van der Waals surface area (Å²) in [6.45, 7) is 12.1. The quantitative estimate of drug-likeness (QED) is 0.103. The zero-order chi connectivity index (χ0) is 23.7. The van der Waals surface area contributed by atoms with E-state index in [9.17, 15) is 4.79 Å². The largest absolute Gasteiger partial charge is 0.466 e. The minimum absolute atomic E-state index is 0.0930. The molecule has 0 rings (SSSR count). The predicted octanol–water partition coefficient (Wildman–Crippen LogP) is 8.12. The Morgan fingerprint density at radius 2 is 1.03 bits per heavy atom. The van der Waals surface area contributed by atoms with Crippen LogP contribution >= 0.6 is 0 Å². The standard InChI is InChI=1S/C28H56O4/c1-26(2)19-16-14-12-10-8-6-5-7-9-11-13-15-17-22-32-28(29)20-18-21-30-23-24-31-25-27(3)4/h26-27H,5-25H2,1-4H3. The molecule has 0 atom stereocenters. The Labute approximate surface area is 200 Å². The number of unbranched alkanes of at least 4 members (excludes halogenated alkanes) is 12. The van der Waals surface area contributed by atoms with Crippen LogP contribution in [-0.4, -0.2) is 39.0 Å². The Bertz CT molecular complexity index is 382. The van der Waals surface area contributed by atoms with Gasteiger partial charge in [-0.15, -0.1) is 0 Å². The molecule has 0 saturated carbocycles. The van der Waals surface area contributed by atoms with E-state index >= 15 is 0 Å². The van der Waals surface area contributed by atoms with Gasteiger partial charge < -0.3 is 14.2 Å². The summed E-state index contributed by atoms with van der Waals surface area (Å²) in [7, 11) is 0. The summed E-state index contributed by atoms with van der Waals surface area (Å²) in [4.78, 5) is 11.7. The first-order chi connectivity index (χ1) is 15.5. The highest BCUT2D eigenvalue weighted by Crippen LogP contribution is 2.14. The van der Waals surface area contributed by atoms with Crippen LogP contribution < -0.4 is 0 Å². The van der Waals surface area contributed by atoms with Crippen LogP contribution in [0.5, 0.6) is 0 Å². The molecule has 0 heterocycles. The van der Waals surface area contributed by atoms with Crippen molar-refractivity contribution in [2.75, 3.05) is 33.0 Å². The lowest BCUT2D eigenvalue weighted by atomic mass is 10.0. The van der Waals surface area contributed by atoms with Crippen LogP contribution in [0.2, 0.25) is 0 Å². The summed E-state index contributed by atoms with van der Waals surface area (Å²) >= 11 is 0. The number of ether oxygens (including phenoxy) is 3. The molecule has 0 aliphatic carbocycles. The van der Waals surface area contributed by atoms with Gasteiger partial charge in [-0.1, -0.05) is 111 Å². The molecule has 0 amide bonds. The molecule has 0 aliphatic rings. The Morgan fingerprint density at radius 1 is 0.531 bits per heavy atom. The second-order valence-corrected chi connectivity index (χ2v) is 10.2. The highest BCUT2D eigenvalue weighted by molar-refractivity contribution is 5.69. The average molecular weight is 457 g/mol. The van der Waals surface area contributed by atoms with Crippen molar-refractivity contribution in [3.8, 4) is 0 Å². The molecule has 32 heavy (non-hydrogen) atoms. The Balaban J connectivity index is 3.15. The number of carbonyl (C=O) groups excluding carboxylic acids is 1. The van der Waals surface area contributed by atoms with Crippen molar-refractivity contribution in [3.05, 3.63) is 0 Å². The summed E-state index contributed by atoms with van der Waals surface area (Å²) in [5.74, 6) is 1.33. The lowest BCUT2D eigenvalue weighted by molar-refractivity contribution is -0.144. The van der Waals surface area contributed by atoms with Crippen molar-refractivity contribution < 1.29 is 19.0 Å². The molecule has 0 fully saturated rings. The fraction of sp³-hybridized carbons (Fsp3) is 0.964. The summed E-state index contributed by atoms with van der Waals surface area (Å²) in [6, 6.07) is 0. The van der Waals surface area contributed by atoms with Gasteiger partial charge in [-0.25, -0.2) is 0 Å². The molecule has 192 valence electrons. The maximum Gasteiger partial charge on any atom is 0.305 e. The van der Waals surface area contributed by atoms with Crippen LogP contribution in [0, 0.1) is 11.8 Å². The van der Waals surface area contributed by atoms with Gasteiger partial charge in [-0.3, -0.25) is 4.79 Å². The smallest absolute Gasteiger partial charge is 0.305 e. The van der Waals surface area contributed by atoms with E-state index in [0.717, 1.165) is 25.4 Å². The molecule has 0 aromatic carbocycles. The third-order valence-corrected chi connectivity index (χ3v) is 5.68. The number of hydrogen-bond acceptors (Lipinski definition) is 4. The highest BCUT2D eigenvalue weighted by atomic mass is 16.5. The number of rotatable bonds is 25. The summed E-state index contributed by atoms with van der Waals surface area (Å²) in [5, 5.41) is 0. The third-order valence-electron chi connectivity index (χ3n) is 5.68. The zero-order valence-corrected chi connectivity index (χ0v) is 22.1. The van der Waals surface area contributed by atoms with Gasteiger partial charge in [-0.2, -0.15) is 0 Å². The van der Waals surface area contributed by atoms with Crippen LogP contribution in [0.3, 0.4) is 0 Å². The number of hydrogen-bond donors (Lipinski definition) is 0. The van der Waals surface area contributed by atoms with Gasteiger partial charge in [0, 0.05) is 19.6 Å². The maximum atomic E-state index is 11.7. The second kappa shape index (κ2) is 25.0. The molecule has 0 saturated heterocycles. The first kappa shape index (κ1) is 31.4. The highest BCUT2D eigenvalue weighted by Gasteiger charge is 2.03. The number of esters is 1. The number of carbonyl (C=O) groups is 1. The Morgan fingerprint density at radius 3 is 1.56 bits per heavy atom. The predicted molar refractivity (Wildman–Crippen MR) is 136 cm³/mol. The Kier molecular flexibility index (Phi) is 24.5. The summed E-state index contributed by atoms with van der Waals surface area (Å²) in [5.41, 5.74) is 0. The van der Waals surface area contributed by atoms with Crippen LogP contribution in [0.4, 0.5) is 0 Å². The van der Waals surface area contributed by atoms with Crippen LogP contribution in [-0.2, 0) is 19.0 Å². The van der Waals surface area contributed by atoms with Crippen LogP contribution in [0.1, 0.15) is 130 Å². The van der Waals surface area contributed by atoms with Crippen molar-refractivity contribution in [2.24, 2.45) is 11.8 Å². The molecular weight excluding hydrogens is 400 g/mol. The van der Waals surface area contributed by atoms with Crippen molar-refractivity contribution in [2.45, 2.75) is 130 Å². The Hall–Kier alpha value is -0.610. The molecule has 0 N–H and O–H groups in total.